The average molecular weight is 370 g/mol. The molecule has 0 radical (unpaired) electrons. The first-order valence-electron chi connectivity index (χ1n) is 9.28. The predicted molar refractivity (Wildman–Crippen MR) is 97.6 cm³/mol. The molecule has 4 rings (SSSR count). The largest absolute Gasteiger partial charge is 0.374 e. The van der Waals surface area contributed by atoms with E-state index in [0.29, 0.717) is 37.5 Å². The molecule has 0 unspecified atom stereocenters. The van der Waals surface area contributed by atoms with E-state index in [1.54, 1.807) is 12.3 Å². The van der Waals surface area contributed by atoms with Gasteiger partial charge in [-0.05, 0) is 19.4 Å². The summed E-state index contributed by atoms with van der Waals surface area (Å²) in [6.45, 7) is 5.03. The first-order valence-corrected chi connectivity index (χ1v) is 9.28. The molecule has 0 N–H and O–H groups in total. The lowest BCUT2D eigenvalue weighted by molar-refractivity contribution is -0.0916. The van der Waals surface area contributed by atoms with Crippen LogP contribution in [0.15, 0.2) is 36.8 Å². The number of aryl methyl sites for hydroxylation is 1. The number of hydrogen-bond acceptors (Lipinski definition) is 5. The average Bonchev–Trinajstić information content (AvgIpc) is 2.70. The summed E-state index contributed by atoms with van der Waals surface area (Å²) < 4.78 is 20.1. The number of amides is 1. The molecule has 2 atom stereocenters. The van der Waals surface area contributed by atoms with Crippen LogP contribution in [-0.4, -0.2) is 64.1 Å². The number of likely N-dealkylation sites (tertiary alicyclic amines) is 1. The highest BCUT2D eigenvalue weighted by molar-refractivity contribution is 5.92. The van der Waals surface area contributed by atoms with Gasteiger partial charge in [0.25, 0.3) is 5.91 Å². The Kier molecular flexibility index (Phi) is 5.13. The van der Waals surface area contributed by atoms with Crippen LogP contribution >= 0.6 is 0 Å². The third-order valence-corrected chi connectivity index (χ3v) is 5.31. The van der Waals surface area contributed by atoms with Gasteiger partial charge in [-0.1, -0.05) is 17.7 Å². The zero-order valence-corrected chi connectivity index (χ0v) is 15.3. The van der Waals surface area contributed by atoms with Crippen molar-refractivity contribution in [3.8, 4) is 0 Å². The van der Waals surface area contributed by atoms with E-state index in [2.05, 4.69) is 14.9 Å². The molecule has 3 heterocycles. The number of nitrogens with zero attached hydrogens (tertiary/aromatic N) is 4. The highest BCUT2D eigenvalue weighted by Gasteiger charge is 2.39. The zero-order valence-electron chi connectivity index (χ0n) is 15.3. The Bertz CT molecular complexity index is 817. The lowest BCUT2D eigenvalue weighted by atomic mass is 9.97. The molecule has 1 amide bonds. The molecule has 2 saturated heterocycles. The van der Waals surface area contributed by atoms with Crippen molar-refractivity contribution in [1.82, 2.24) is 19.8 Å². The number of ether oxygens (including phenoxy) is 1. The predicted octanol–water partition coefficient (Wildman–Crippen LogP) is 2.04. The Morgan fingerprint density at radius 3 is 3.04 bits per heavy atom. The van der Waals surface area contributed by atoms with E-state index in [9.17, 15) is 9.18 Å². The van der Waals surface area contributed by atoms with Gasteiger partial charge in [0.15, 0.2) is 0 Å². The van der Waals surface area contributed by atoms with Crippen molar-refractivity contribution in [2.75, 3.05) is 26.2 Å². The summed E-state index contributed by atoms with van der Waals surface area (Å²) in [4.78, 5) is 25.1. The van der Waals surface area contributed by atoms with E-state index in [1.165, 1.54) is 18.5 Å². The topological polar surface area (TPSA) is 58.6 Å². The Hall–Kier alpha value is -2.38. The summed E-state index contributed by atoms with van der Waals surface area (Å²) >= 11 is 0. The van der Waals surface area contributed by atoms with E-state index in [-0.39, 0.29) is 23.9 Å². The third-order valence-electron chi connectivity index (χ3n) is 5.31. The quantitative estimate of drug-likeness (QED) is 0.828. The summed E-state index contributed by atoms with van der Waals surface area (Å²) in [6, 6.07) is 5.13. The van der Waals surface area contributed by atoms with Crippen molar-refractivity contribution in [3.63, 3.8) is 0 Å². The maximum absolute atomic E-state index is 14.2. The fourth-order valence-electron chi connectivity index (χ4n) is 3.96. The van der Waals surface area contributed by atoms with Crippen LogP contribution in [-0.2, 0) is 11.3 Å². The van der Waals surface area contributed by atoms with Crippen LogP contribution in [0, 0.1) is 12.7 Å². The molecule has 0 bridgehead atoms. The van der Waals surface area contributed by atoms with Crippen LogP contribution in [0.1, 0.15) is 28.0 Å². The molecule has 6 nitrogen and oxygen atoms in total. The van der Waals surface area contributed by atoms with Gasteiger partial charge in [-0.25, -0.2) is 9.37 Å². The van der Waals surface area contributed by atoms with Crippen LogP contribution < -0.4 is 0 Å². The fraction of sp³-hybridized carbons (Fsp3) is 0.450. The van der Waals surface area contributed by atoms with Crippen molar-refractivity contribution in [2.45, 2.75) is 32.0 Å². The second kappa shape index (κ2) is 7.70. The number of morpholine rings is 1. The number of fused-ring (bicyclic) bond motifs is 1. The monoisotopic (exact) mass is 370 g/mol. The number of carbonyl (C=O) groups excluding carboxylic acids is 1. The molecule has 2 fully saturated rings. The highest BCUT2D eigenvalue weighted by Crippen LogP contribution is 2.26. The lowest BCUT2D eigenvalue weighted by Gasteiger charge is -2.47. The molecule has 0 aliphatic carbocycles. The second-order valence-electron chi connectivity index (χ2n) is 7.18. The maximum Gasteiger partial charge on any atom is 0.274 e. The molecule has 142 valence electrons. The Balaban J connectivity index is 1.50. The SMILES string of the molecule is Cc1ccc(F)c(CN2CC[C@@H]3OCCN(C(=O)c4cnccn4)[C@H]3C2)c1. The van der Waals surface area contributed by atoms with Gasteiger partial charge in [0, 0.05) is 44.1 Å². The first kappa shape index (κ1) is 18.0. The summed E-state index contributed by atoms with van der Waals surface area (Å²) in [5.74, 6) is -0.305. The van der Waals surface area contributed by atoms with Gasteiger partial charge in [0.2, 0.25) is 0 Å². The number of hydrogen-bond donors (Lipinski definition) is 0. The molecule has 0 spiro atoms. The normalized spacial score (nSPS) is 23.1. The van der Waals surface area contributed by atoms with E-state index in [4.69, 9.17) is 4.74 Å². The van der Waals surface area contributed by atoms with Crippen LogP contribution in [0.3, 0.4) is 0 Å². The lowest BCUT2D eigenvalue weighted by Crippen LogP contribution is -2.61. The standard InChI is InChI=1S/C20H23FN4O2/c1-14-2-3-16(21)15(10-14)12-24-7-4-19-18(13-24)25(8-9-27-19)20(26)17-11-22-5-6-23-17/h2-3,5-6,10-11,18-19H,4,7-9,12-13H2,1H3/t18-,19-/m0/s1. The van der Waals surface area contributed by atoms with Gasteiger partial charge >= 0.3 is 0 Å². The van der Waals surface area contributed by atoms with Crippen LogP contribution in [0.5, 0.6) is 0 Å². The summed E-state index contributed by atoms with van der Waals surface area (Å²) in [5, 5.41) is 0. The number of aromatic nitrogens is 2. The minimum absolute atomic E-state index is 0.0120. The molecule has 2 aliphatic rings. The Morgan fingerprint density at radius 1 is 1.33 bits per heavy atom. The molecule has 2 aromatic rings. The molecule has 27 heavy (non-hydrogen) atoms. The van der Waals surface area contributed by atoms with Gasteiger partial charge in [0.05, 0.1) is 24.9 Å². The van der Waals surface area contributed by atoms with Gasteiger partial charge in [0.1, 0.15) is 11.5 Å². The van der Waals surface area contributed by atoms with Crippen LogP contribution in [0.25, 0.3) is 0 Å². The highest BCUT2D eigenvalue weighted by atomic mass is 19.1. The van der Waals surface area contributed by atoms with Crippen LogP contribution in [0.2, 0.25) is 0 Å². The molecule has 0 saturated carbocycles. The van der Waals surface area contributed by atoms with Gasteiger partial charge in [-0.2, -0.15) is 0 Å². The summed E-state index contributed by atoms with van der Waals surface area (Å²) in [5.41, 5.74) is 2.08. The van der Waals surface area contributed by atoms with Crippen molar-refractivity contribution >= 4 is 5.91 Å². The van der Waals surface area contributed by atoms with Crippen molar-refractivity contribution in [2.24, 2.45) is 0 Å². The second-order valence-corrected chi connectivity index (χ2v) is 7.18. The third kappa shape index (κ3) is 3.84. The van der Waals surface area contributed by atoms with Crippen LogP contribution in [0.4, 0.5) is 4.39 Å². The van der Waals surface area contributed by atoms with Gasteiger partial charge in [-0.15, -0.1) is 0 Å². The smallest absolute Gasteiger partial charge is 0.274 e. The van der Waals surface area contributed by atoms with Crippen molar-refractivity contribution < 1.29 is 13.9 Å². The van der Waals surface area contributed by atoms with E-state index < -0.39 is 0 Å². The minimum Gasteiger partial charge on any atom is -0.374 e. The maximum atomic E-state index is 14.2. The molecule has 1 aromatic carbocycles. The fourth-order valence-corrected chi connectivity index (χ4v) is 3.96. The Labute approximate surface area is 158 Å². The molecule has 7 heteroatoms. The summed E-state index contributed by atoms with van der Waals surface area (Å²) in [6.07, 6.45) is 5.41. The summed E-state index contributed by atoms with van der Waals surface area (Å²) in [7, 11) is 0. The zero-order chi connectivity index (χ0) is 18.8. The number of carbonyl (C=O) groups is 1. The van der Waals surface area contributed by atoms with E-state index >= 15 is 0 Å². The number of halogens is 1. The van der Waals surface area contributed by atoms with Crippen molar-refractivity contribution in [3.05, 3.63) is 59.4 Å². The molecule has 2 aliphatic heterocycles. The molecule has 1 aromatic heterocycles. The Morgan fingerprint density at radius 2 is 2.22 bits per heavy atom. The van der Waals surface area contributed by atoms with Crippen molar-refractivity contribution in [1.29, 1.82) is 0 Å². The van der Waals surface area contributed by atoms with E-state index in [0.717, 1.165) is 18.5 Å². The molecular weight excluding hydrogens is 347 g/mol. The number of benzene rings is 1. The minimum atomic E-state index is -0.185. The van der Waals surface area contributed by atoms with Gasteiger partial charge < -0.3 is 9.64 Å². The van der Waals surface area contributed by atoms with E-state index in [1.807, 2.05) is 17.9 Å². The van der Waals surface area contributed by atoms with Gasteiger partial charge in [-0.3, -0.25) is 14.7 Å². The molecular formula is C20H23FN4O2. The first-order chi connectivity index (χ1) is 13.1. The number of rotatable bonds is 3. The number of piperidine rings is 1.